The summed E-state index contributed by atoms with van der Waals surface area (Å²) in [7, 11) is -2.80. The third-order valence-electron chi connectivity index (χ3n) is 2.27. The number of hydrogen-bond donors (Lipinski definition) is 2. The number of nitrogens with two attached hydrogens (primary N) is 1. The van der Waals surface area contributed by atoms with E-state index in [0.717, 1.165) is 0 Å². The summed E-state index contributed by atoms with van der Waals surface area (Å²) in [5.41, 5.74) is 4.97. The van der Waals surface area contributed by atoms with E-state index in [4.69, 9.17) is 5.73 Å². The topological polar surface area (TPSA) is 89.3 Å². The van der Waals surface area contributed by atoms with Crippen molar-refractivity contribution in [3.63, 3.8) is 0 Å². The molecular weight excluding hydrogens is 204 g/mol. The number of rotatable bonds is 5. The summed E-state index contributed by atoms with van der Waals surface area (Å²) in [6.45, 7) is 0.656. The lowest BCUT2D eigenvalue weighted by Gasteiger charge is -2.09. The number of carbonyl (C=O) groups excluding carboxylic acids is 1. The van der Waals surface area contributed by atoms with Gasteiger partial charge in [0.1, 0.15) is 0 Å². The fourth-order valence-electron chi connectivity index (χ4n) is 1.52. The van der Waals surface area contributed by atoms with Crippen molar-refractivity contribution < 1.29 is 13.2 Å². The van der Waals surface area contributed by atoms with E-state index >= 15 is 0 Å². The summed E-state index contributed by atoms with van der Waals surface area (Å²) in [5, 5.41) is 3.11. The number of sulfone groups is 1. The van der Waals surface area contributed by atoms with E-state index in [9.17, 15) is 13.2 Å². The summed E-state index contributed by atoms with van der Waals surface area (Å²) in [6, 6.07) is 0.0628. The molecule has 1 amide bonds. The molecule has 1 saturated heterocycles. The van der Waals surface area contributed by atoms with Crippen molar-refractivity contribution in [3.05, 3.63) is 0 Å². The molecule has 0 bridgehead atoms. The molecule has 6 heteroatoms. The molecule has 1 heterocycles. The fraction of sp³-hybridized carbons (Fsp3) is 0.875. The molecule has 0 saturated carbocycles. The summed E-state index contributed by atoms with van der Waals surface area (Å²) < 4.78 is 22.1. The van der Waals surface area contributed by atoms with E-state index in [1.165, 1.54) is 0 Å². The highest BCUT2D eigenvalue weighted by atomic mass is 32.2. The van der Waals surface area contributed by atoms with Gasteiger partial charge in [-0.3, -0.25) is 4.79 Å². The van der Waals surface area contributed by atoms with Crippen molar-refractivity contribution in [2.45, 2.75) is 25.3 Å². The van der Waals surface area contributed by atoms with Gasteiger partial charge >= 0.3 is 0 Å². The Morgan fingerprint density at radius 2 is 2.21 bits per heavy atom. The van der Waals surface area contributed by atoms with Crippen LogP contribution in [0.5, 0.6) is 0 Å². The molecule has 1 atom stereocenters. The van der Waals surface area contributed by atoms with Crippen LogP contribution in [0.25, 0.3) is 0 Å². The maximum atomic E-state index is 11.1. The average molecular weight is 220 g/mol. The van der Waals surface area contributed by atoms with Crippen molar-refractivity contribution in [3.8, 4) is 0 Å². The predicted octanol–water partition coefficient (Wildman–Crippen LogP) is -0.971. The maximum absolute atomic E-state index is 11.1. The molecule has 3 N–H and O–H groups in total. The normalized spacial score (nSPS) is 25.0. The number of hydrogen-bond acceptors (Lipinski definition) is 4. The van der Waals surface area contributed by atoms with Gasteiger partial charge in [0, 0.05) is 12.5 Å². The lowest BCUT2D eigenvalue weighted by atomic mass is 10.2. The highest BCUT2D eigenvalue weighted by Gasteiger charge is 2.26. The molecule has 1 aliphatic heterocycles. The van der Waals surface area contributed by atoms with Gasteiger partial charge in [0.25, 0.3) is 0 Å². The SMILES string of the molecule is NC(=O)CCCNC1CCS(=O)(=O)C1. The fourth-order valence-corrected chi connectivity index (χ4v) is 3.23. The molecule has 0 aromatic rings. The summed E-state index contributed by atoms with van der Waals surface area (Å²) >= 11 is 0. The lowest BCUT2D eigenvalue weighted by Crippen LogP contribution is -2.31. The van der Waals surface area contributed by atoms with Crippen LogP contribution in [0.3, 0.4) is 0 Å². The molecule has 1 fully saturated rings. The van der Waals surface area contributed by atoms with Crippen molar-refractivity contribution in [1.29, 1.82) is 0 Å². The zero-order valence-electron chi connectivity index (χ0n) is 8.03. The first kappa shape index (κ1) is 11.5. The summed E-state index contributed by atoms with van der Waals surface area (Å²) in [6.07, 6.45) is 1.71. The first-order valence-corrected chi connectivity index (χ1v) is 6.54. The van der Waals surface area contributed by atoms with E-state index in [1.54, 1.807) is 0 Å². The zero-order chi connectivity index (χ0) is 10.6. The summed E-state index contributed by atoms with van der Waals surface area (Å²) in [5.74, 6) is 0.190. The third-order valence-corrected chi connectivity index (χ3v) is 4.03. The van der Waals surface area contributed by atoms with E-state index in [2.05, 4.69) is 5.32 Å². The standard InChI is InChI=1S/C8H16N2O3S/c9-8(11)2-1-4-10-7-3-5-14(12,13)6-7/h7,10H,1-6H2,(H2,9,11). The maximum Gasteiger partial charge on any atom is 0.217 e. The Bertz CT molecular complexity index is 300. The second-order valence-corrected chi connectivity index (χ2v) is 5.85. The minimum absolute atomic E-state index is 0.0628. The van der Waals surface area contributed by atoms with Crippen LogP contribution >= 0.6 is 0 Å². The number of nitrogens with one attached hydrogen (secondary N) is 1. The lowest BCUT2D eigenvalue weighted by molar-refractivity contribution is -0.118. The van der Waals surface area contributed by atoms with Gasteiger partial charge in [-0.1, -0.05) is 0 Å². The molecule has 0 aromatic carbocycles. The first-order chi connectivity index (χ1) is 6.49. The van der Waals surface area contributed by atoms with Crippen LogP contribution < -0.4 is 11.1 Å². The van der Waals surface area contributed by atoms with Crippen LogP contribution in [0.2, 0.25) is 0 Å². The molecule has 1 unspecified atom stereocenters. The second kappa shape index (κ2) is 4.75. The van der Waals surface area contributed by atoms with Gasteiger partial charge in [-0.2, -0.15) is 0 Å². The van der Waals surface area contributed by atoms with Crippen molar-refractivity contribution in [2.75, 3.05) is 18.1 Å². The van der Waals surface area contributed by atoms with Crippen LogP contribution in [-0.2, 0) is 14.6 Å². The molecule has 0 aliphatic carbocycles. The Morgan fingerprint density at radius 1 is 1.50 bits per heavy atom. The average Bonchev–Trinajstić information content (AvgIpc) is 2.39. The quantitative estimate of drug-likeness (QED) is 0.583. The van der Waals surface area contributed by atoms with Gasteiger partial charge < -0.3 is 11.1 Å². The van der Waals surface area contributed by atoms with Gasteiger partial charge in [0.05, 0.1) is 11.5 Å². The Labute approximate surface area is 84.0 Å². The van der Waals surface area contributed by atoms with Crippen LogP contribution in [0.15, 0.2) is 0 Å². The highest BCUT2D eigenvalue weighted by Crippen LogP contribution is 2.10. The van der Waals surface area contributed by atoms with Crippen molar-refractivity contribution in [2.24, 2.45) is 5.73 Å². The van der Waals surface area contributed by atoms with Gasteiger partial charge in [-0.25, -0.2) is 8.42 Å². The zero-order valence-corrected chi connectivity index (χ0v) is 8.85. The number of primary amides is 1. The number of carbonyl (C=O) groups is 1. The van der Waals surface area contributed by atoms with Crippen LogP contribution in [0, 0.1) is 0 Å². The van der Waals surface area contributed by atoms with E-state index in [1.807, 2.05) is 0 Å². The third kappa shape index (κ3) is 4.06. The minimum atomic E-state index is -2.80. The van der Waals surface area contributed by atoms with Gasteiger partial charge in [-0.15, -0.1) is 0 Å². The van der Waals surface area contributed by atoms with Crippen LogP contribution in [-0.4, -0.2) is 38.4 Å². The van der Waals surface area contributed by atoms with E-state index < -0.39 is 9.84 Å². The molecule has 5 nitrogen and oxygen atoms in total. The molecule has 1 aliphatic rings. The number of amides is 1. The summed E-state index contributed by atoms with van der Waals surface area (Å²) in [4.78, 5) is 10.4. The molecule has 1 rings (SSSR count). The Balaban J connectivity index is 2.12. The Hall–Kier alpha value is -0.620. The first-order valence-electron chi connectivity index (χ1n) is 4.72. The van der Waals surface area contributed by atoms with E-state index in [0.29, 0.717) is 25.8 Å². The van der Waals surface area contributed by atoms with Gasteiger partial charge in [-0.05, 0) is 19.4 Å². The predicted molar refractivity (Wildman–Crippen MR) is 53.5 cm³/mol. The monoisotopic (exact) mass is 220 g/mol. The highest BCUT2D eigenvalue weighted by molar-refractivity contribution is 7.91. The molecule has 0 aromatic heterocycles. The van der Waals surface area contributed by atoms with E-state index in [-0.39, 0.29) is 23.5 Å². The largest absolute Gasteiger partial charge is 0.370 e. The van der Waals surface area contributed by atoms with Crippen molar-refractivity contribution in [1.82, 2.24) is 5.32 Å². The smallest absolute Gasteiger partial charge is 0.217 e. The van der Waals surface area contributed by atoms with Gasteiger partial charge in [0.15, 0.2) is 9.84 Å². The van der Waals surface area contributed by atoms with Gasteiger partial charge in [0.2, 0.25) is 5.91 Å². The molecule has 0 radical (unpaired) electrons. The Kier molecular flexibility index (Phi) is 3.88. The van der Waals surface area contributed by atoms with Crippen LogP contribution in [0.4, 0.5) is 0 Å². The van der Waals surface area contributed by atoms with Crippen molar-refractivity contribution >= 4 is 15.7 Å². The molecular formula is C8H16N2O3S. The second-order valence-electron chi connectivity index (χ2n) is 3.62. The molecule has 0 spiro atoms. The Morgan fingerprint density at radius 3 is 2.71 bits per heavy atom. The molecule has 14 heavy (non-hydrogen) atoms. The molecule has 82 valence electrons. The van der Waals surface area contributed by atoms with Crippen LogP contribution in [0.1, 0.15) is 19.3 Å². The minimum Gasteiger partial charge on any atom is -0.370 e.